The molecule has 2 aromatic rings. The average Bonchev–Trinajstić information content (AvgIpc) is 2.64. The van der Waals surface area contributed by atoms with E-state index in [4.69, 9.17) is 23.8 Å². The number of hydrogen-bond donors (Lipinski definition) is 0. The van der Waals surface area contributed by atoms with Gasteiger partial charge >= 0.3 is 12.0 Å². The molecule has 150 valence electrons. The molecule has 0 N–H and O–H groups in total. The molecule has 1 aromatic heterocycles. The van der Waals surface area contributed by atoms with Gasteiger partial charge in [-0.15, -0.1) is 0 Å². The van der Waals surface area contributed by atoms with Gasteiger partial charge in [-0.3, -0.25) is 0 Å². The summed E-state index contributed by atoms with van der Waals surface area (Å²) in [4.78, 5) is 24.8. The summed E-state index contributed by atoms with van der Waals surface area (Å²) in [5, 5.41) is 3.79. The van der Waals surface area contributed by atoms with E-state index in [0.717, 1.165) is 0 Å². The first-order chi connectivity index (χ1) is 13.3. The van der Waals surface area contributed by atoms with Crippen molar-refractivity contribution >= 4 is 12.2 Å². The Morgan fingerprint density at radius 3 is 2.36 bits per heavy atom. The van der Waals surface area contributed by atoms with Crippen LogP contribution < -0.4 is 14.2 Å². The number of aromatic nitrogens is 2. The summed E-state index contributed by atoms with van der Waals surface area (Å²) in [5.74, 6) is 0.524. The minimum Gasteiger partial charge on any atom is -0.481 e. The van der Waals surface area contributed by atoms with Gasteiger partial charge in [0.05, 0.1) is 26.5 Å². The normalized spacial score (nSPS) is 11.2. The molecule has 1 aromatic carbocycles. The van der Waals surface area contributed by atoms with Crippen molar-refractivity contribution in [1.29, 1.82) is 0 Å². The van der Waals surface area contributed by atoms with Crippen LogP contribution in [-0.4, -0.2) is 48.6 Å². The molecule has 0 aliphatic carbocycles. The summed E-state index contributed by atoms with van der Waals surface area (Å²) >= 11 is 0. The number of methoxy groups -OCH3 is 2. The topological polar surface area (TPSA) is 101 Å². The Morgan fingerprint density at radius 1 is 1.11 bits per heavy atom. The predicted molar refractivity (Wildman–Crippen MR) is 101 cm³/mol. The molecule has 0 bridgehead atoms. The molecule has 0 unspecified atom stereocenters. The van der Waals surface area contributed by atoms with Crippen molar-refractivity contribution in [2.45, 2.75) is 26.4 Å². The van der Waals surface area contributed by atoms with E-state index in [1.165, 1.54) is 26.5 Å². The lowest BCUT2D eigenvalue weighted by atomic mass is 10.2. The maximum Gasteiger partial charge on any atom is 0.347 e. The highest BCUT2D eigenvalue weighted by atomic mass is 16.7. The predicted octanol–water partition coefficient (Wildman–Crippen LogP) is 2.98. The van der Waals surface area contributed by atoms with Gasteiger partial charge in [0.25, 0.3) is 0 Å². The van der Waals surface area contributed by atoms with Gasteiger partial charge in [-0.05, 0) is 32.9 Å². The molecule has 0 atom stereocenters. The molecule has 28 heavy (non-hydrogen) atoms. The minimum atomic E-state index is -0.581. The highest BCUT2D eigenvalue weighted by Crippen LogP contribution is 2.25. The first-order valence-corrected chi connectivity index (χ1v) is 8.42. The first-order valence-electron chi connectivity index (χ1n) is 8.42. The Hall–Kier alpha value is -3.36. The molecular formula is C19H23N3O6. The lowest BCUT2D eigenvalue weighted by Crippen LogP contribution is -2.26. The third-order valence-corrected chi connectivity index (χ3v) is 3.07. The lowest BCUT2D eigenvalue weighted by molar-refractivity contribution is -0.160. The van der Waals surface area contributed by atoms with Gasteiger partial charge in [0.15, 0.2) is 0 Å². The minimum absolute atomic E-state index is 0.0479. The molecule has 1 heterocycles. The average molecular weight is 389 g/mol. The Kier molecular flexibility index (Phi) is 7.14. The van der Waals surface area contributed by atoms with E-state index < -0.39 is 11.6 Å². The van der Waals surface area contributed by atoms with Crippen LogP contribution in [0.5, 0.6) is 23.5 Å². The van der Waals surface area contributed by atoms with Crippen molar-refractivity contribution < 1.29 is 28.6 Å². The van der Waals surface area contributed by atoms with Crippen molar-refractivity contribution in [2.24, 2.45) is 5.16 Å². The molecule has 9 heteroatoms. The zero-order valence-corrected chi connectivity index (χ0v) is 16.5. The fourth-order valence-corrected chi connectivity index (χ4v) is 1.97. The van der Waals surface area contributed by atoms with Crippen molar-refractivity contribution in [2.75, 3.05) is 20.8 Å². The van der Waals surface area contributed by atoms with Gasteiger partial charge < -0.3 is 23.8 Å². The Balaban J connectivity index is 2.06. The SMILES string of the molecule is COc1cc(OC)nc(Oc2ccccc2C=NOCC(=O)OC(C)(C)C)n1. The molecule has 0 aliphatic rings. The monoisotopic (exact) mass is 389 g/mol. The van der Waals surface area contributed by atoms with Crippen molar-refractivity contribution in [3.8, 4) is 23.5 Å². The maximum atomic E-state index is 11.6. The van der Waals surface area contributed by atoms with E-state index in [9.17, 15) is 4.79 Å². The number of oxime groups is 1. The van der Waals surface area contributed by atoms with Crippen LogP contribution in [0.15, 0.2) is 35.5 Å². The number of ether oxygens (including phenoxy) is 4. The molecule has 0 amide bonds. The van der Waals surface area contributed by atoms with Crippen LogP contribution in [0.3, 0.4) is 0 Å². The van der Waals surface area contributed by atoms with Crippen LogP contribution in [-0.2, 0) is 14.4 Å². The standard InChI is InChI=1S/C19H23N3O6/c1-19(2,3)28-17(23)12-26-20-11-13-8-6-7-9-14(13)27-18-21-15(24-4)10-16(22-18)25-5/h6-11H,12H2,1-5H3. The van der Waals surface area contributed by atoms with Crippen molar-refractivity contribution in [3.05, 3.63) is 35.9 Å². The second-order valence-corrected chi connectivity index (χ2v) is 6.47. The number of benzene rings is 1. The molecule has 0 saturated heterocycles. The molecule has 0 radical (unpaired) electrons. The Labute approximate surface area is 163 Å². The summed E-state index contributed by atoms with van der Waals surface area (Å²) in [6, 6.07) is 8.63. The largest absolute Gasteiger partial charge is 0.481 e. The van der Waals surface area contributed by atoms with Crippen molar-refractivity contribution in [3.63, 3.8) is 0 Å². The van der Waals surface area contributed by atoms with E-state index in [-0.39, 0.29) is 12.6 Å². The molecule has 0 spiro atoms. The van der Waals surface area contributed by atoms with Crippen molar-refractivity contribution in [1.82, 2.24) is 9.97 Å². The zero-order valence-electron chi connectivity index (χ0n) is 16.5. The lowest BCUT2D eigenvalue weighted by Gasteiger charge is -2.18. The molecule has 0 saturated carbocycles. The molecule has 0 fully saturated rings. The number of para-hydroxylation sites is 1. The highest BCUT2D eigenvalue weighted by Gasteiger charge is 2.16. The maximum absolute atomic E-state index is 11.6. The van der Waals surface area contributed by atoms with Crippen LogP contribution in [0.1, 0.15) is 26.3 Å². The van der Waals surface area contributed by atoms with Gasteiger partial charge in [-0.2, -0.15) is 9.97 Å². The number of carbonyl (C=O) groups is 1. The van der Waals surface area contributed by atoms with Gasteiger partial charge in [0.2, 0.25) is 18.4 Å². The third kappa shape index (κ3) is 6.75. The second kappa shape index (κ2) is 9.54. The number of rotatable bonds is 8. The number of esters is 1. The zero-order chi connectivity index (χ0) is 20.6. The number of hydrogen-bond acceptors (Lipinski definition) is 9. The fraction of sp³-hybridized carbons (Fsp3) is 0.368. The number of carbonyl (C=O) groups excluding carboxylic acids is 1. The Bertz CT molecular complexity index is 810. The van der Waals surface area contributed by atoms with Crippen LogP contribution >= 0.6 is 0 Å². The summed E-state index contributed by atoms with van der Waals surface area (Å²) in [6.07, 6.45) is 1.41. The van der Waals surface area contributed by atoms with E-state index in [2.05, 4.69) is 15.1 Å². The summed E-state index contributed by atoms with van der Waals surface area (Å²) in [6.45, 7) is 5.03. The molecular weight excluding hydrogens is 366 g/mol. The summed E-state index contributed by atoms with van der Waals surface area (Å²) in [5.41, 5.74) is 0.0136. The van der Waals surface area contributed by atoms with E-state index >= 15 is 0 Å². The Morgan fingerprint density at radius 2 is 1.75 bits per heavy atom. The first kappa shape index (κ1) is 20.9. The molecule has 2 rings (SSSR count). The van der Waals surface area contributed by atoms with Gasteiger partial charge in [0, 0.05) is 5.56 Å². The van der Waals surface area contributed by atoms with E-state index in [1.807, 2.05) is 0 Å². The smallest absolute Gasteiger partial charge is 0.347 e. The summed E-state index contributed by atoms with van der Waals surface area (Å²) in [7, 11) is 2.96. The van der Waals surface area contributed by atoms with Crippen LogP contribution in [0.2, 0.25) is 0 Å². The quantitative estimate of drug-likeness (QED) is 0.386. The van der Waals surface area contributed by atoms with Crippen LogP contribution in [0.4, 0.5) is 0 Å². The number of nitrogens with zero attached hydrogens (tertiary/aromatic N) is 3. The van der Waals surface area contributed by atoms with E-state index in [0.29, 0.717) is 23.1 Å². The van der Waals surface area contributed by atoms with Gasteiger partial charge in [0.1, 0.15) is 11.4 Å². The van der Waals surface area contributed by atoms with Gasteiger partial charge in [-0.25, -0.2) is 4.79 Å². The molecule has 9 nitrogen and oxygen atoms in total. The highest BCUT2D eigenvalue weighted by molar-refractivity contribution is 5.83. The van der Waals surface area contributed by atoms with Crippen LogP contribution in [0.25, 0.3) is 0 Å². The third-order valence-electron chi connectivity index (χ3n) is 3.07. The molecule has 0 aliphatic heterocycles. The van der Waals surface area contributed by atoms with Crippen LogP contribution in [0, 0.1) is 0 Å². The van der Waals surface area contributed by atoms with Gasteiger partial charge in [-0.1, -0.05) is 17.3 Å². The summed E-state index contributed by atoms with van der Waals surface area (Å²) < 4.78 is 21.1. The second-order valence-electron chi connectivity index (χ2n) is 6.47. The van der Waals surface area contributed by atoms with E-state index in [1.54, 1.807) is 45.0 Å². The fourth-order valence-electron chi connectivity index (χ4n) is 1.97.